The molecule has 1 N–H and O–H groups in total. The Labute approximate surface area is 605 Å². The second-order valence-electron chi connectivity index (χ2n) is 32.4. The fourth-order valence-electron chi connectivity index (χ4n) is 16.6. The van der Waals surface area contributed by atoms with E-state index in [1.165, 1.54) is 30.2 Å². The number of ketones is 4. The summed E-state index contributed by atoms with van der Waals surface area (Å²) < 4.78 is 53.4. The van der Waals surface area contributed by atoms with Gasteiger partial charge in [0.05, 0.1) is 42.5 Å². The van der Waals surface area contributed by atoms with Crippen LogP contribution in [0.3, 0.4) is 0 Å². The second-order valence-corrected chi connectivity index (χ2v) is 32.4. The van der Waals surface area contributed by atoms with E-state index in [9.17, 15) is 43.5 Å². The Morgan fingerprint density at radius 1 is 0.716 bits per heavy atom. The largest absolute Gasteiger partial charge is 0.457 e. The van der Waals surface area contributed by atoms with Gasteiger partial charge in [0.25, 0.3) is 0 Å². The van der Waals surface area contributed by atoms with Crippen molar-refractivity contribution < 1.29 is 81.4 Å². The molecule has 0 saturated carbocycles. The van der Waals surface area contributed by atoms with Crippen LogP contribution in [0.5, 0.6) is 0 Å². The van der Waals surface area contributed by atoms with Crippen molar-refractivity contribution in [3.63, 3.8) is 0 Å². The Morgan fingerprint density at radius 2 is 1.28 bits per heavy atom. The van der Waals surface area contributed by atoms with Crippen molar-refractivity contribution in [1.82, 2.24) is 29.0 Å². The fraction of sp³-hybridized carbons (Fsp3) is 0.734. The number of imidazole rings is 2. The number of ether oxygens (including phenoxy) is 8. The summed E-state index contributed by atoms with van der Waals surface area (Å²) in [6.45, 7) is 42.0. The molecule has 4 saturated heterocycles. The normalized spacial score (nSPS) is 36.0. The molecule has 102 heavy (non-hydrogen) atoms. The predicted molar refractivity (Wildman–Crippen MR) is 383 cm³/mol. The topological polar surface area (TPSA) is 282 Å². The van der Waals surface area contributed by atoms with Crippen LogP contribution in [0, 0.1) is 64.1 Å². The zero-order valence-electron chi connectivity index (χ0n) is 64.9. The SMILES string of the molecule is CC[C@H]1OC(=O)[C@H](C)C(=O)[C@H](C)[C@@H](OC2O[C@H](C)C[C@H](C)[C@H]2C)C(C)(C)C[C@@H](C)C(=O)/C(C)=C/[C@]1(CC)OC(=O)n1ccnc1.CC[C@H]1OC(=O)[C@H](C)C(=O)[C@H](C)[C@@H](OC2O[C@H](C)C[C@H](C)[C@H]2O)C(C)(C)C[C@@H](C)C(=O)C[C@H]2N(CCCC(C)(C)n3cnc(-c4cccnc4)c3)C(=O)O[C@]12CC. The van der Waals surface area contributed by atoms with Gasteiger partial charge in [-0.05, 0) is 159 Å². The van der Waals surface area contributed by atoms with Gasteiger partial charge in [-0.2, -0.15) is 0 Å². The minimum absolute atomic E-state index is 0.000692. The van der Waals surface area contributed by atoms with Crippen LogP contribution >= 0.6 is 0 Å². The summed E-state index contributed by atoms with van der Waals surface area (Å²) in [6.07, 6.45) is 10.7. The van der Waals surface area contributed by atoms with Gasteiger partial charge < -0.3 is 52.5 Å². The van der Waals surface area contributed by atoms with Crippen LogP contribution in [-0.4, -0.2) is 160 Å². The van der Waals surface area contributed by atoms with Crippen LogP contribution in [0.2, 0.25) is 0 Å². The molecule has 0 aromatic carbocycles. The van der Waals surface area contributed by atoms with Gasteiger partial charge in [0.1, 0.15) is 42.3 Å². The monoisotopic (exact) mass is 1420 g/mol. The lowest BCUT2D eigenvalue weighted by molar-refractivity contribution is -0.284. The maximum absolute atomic E-state index is 14.5. The Kier molecular flexibility index (Phi) is 27.7. The van der Waals surface area contributed by atoms with Crippen LogP contribution in [0.1, 0.15) is 223 Å². The number of carbonyl (C=O) groups is 8. The standard InChI is InChI=1S/C44H66N4O9.C35H54N2O8/c1-12-35-44(13-2)34(48(41(53)57-44)19-15-17-43(10,11)47-24-32(46-25-47)31-16-14-18-45-23-31)21-33(49)27(4)22-42(8,9)38(29(6)37(51)30(7)39(52)55-35)56-40-36(50)26(3)20-28(5)54-40;1-12-27-35(13-2,45-33(41)37-15-14-36-19-37)18-22(5)28(38)21(4)17-34(10,11)30(25(8)29(39)26(9)31(40)43-27)44-32-24(7)20(3)16-23(6)42-32/h14,16,18,23-30,34-36,38,40,50H,12-13,15,17,19-22H2,1-11H3;14-15,18-21,23-27,30,32H,12-13,16-17H2,1-11H3/b;22-18+/t26-,27+,28+,29-,30+,34+,35+,36+,38+,40?,44-;20-,21+,23+,24+,25-,26+,27+,30+,32?,35-/m00/s1. The van der Waals surface area contributed by atoms with Crippen LogP contribution in [-0.2, 0) is 72.2 Å². The quantitative estimate of drug-likeness (QED) is 0.0840. The van der Waals surface area contributed by atoms with E-state index in [2.05, 4.69) is 47.2 Å². The maximum atomic E-state index is 14.5. The highest BCUT2D eigenvalue weighted by atomic mass is 16.7. The summed E-state index contributed by atoms with van der Waals surface area (Å²) >= 11 is 0. The Morgan fingerprint density at radius 3 is 1.83 bits per heavy atom. The Bertz CT molecular complexity index is 3400. The number of amides is 1. The number of nitrogens with zero attached hydrogens (tertiary/aromatic N) is 6. The third-order valence-electron chi connectivity index (χ3n) is 23.0. The molecule has 23 nitrogen and oxygen atoms in total. The van der Waals surface area contributed by atoms with Crippen molar-refractivity contribution in [2.45, 2.75) is 301 Å². The molecule has 8 heterocycles. The first-order valence-corrected chi connectivity index (χ1v) is 37.4. The Hall–Kier alpha value is -6.53. The van der Waals surface area contributed by atoms with E-state index < -0.39 is 131 Å². The molecule has 5 aliphatic rings. The van der Waals surface area contributed by atoms with Gasteiger partial charge in [-0.1, -0.05) is 104 Å². The van der Waals surface area contributed by atoms with E-state index in [-0.39, 0.29) is 72.0 Å². The highest BCUT2D eigenvalue weighted by molar-refractivity contribution is 6.01. The molecular formula is C79H120N6O17. The molecule has 23 heteroatoms. The third kappa shape index (κ3) is 18.6. The first kappa shape index (κ1) is 82.8. The van der Waals surface area contributed by atoms with E-state index in [0.29, 0.717) is 63.0 Å². The molecule has 4 fully saturated rings. The van der Waals surface area contributed by atoms with Gasteiger partial charge >= 0.3 is 24.1 Å². The van der Waals surface area contributed by atoms with Crippen molar-refractivity contribution in [3.05, 3.63) is 67.4 Å². The average Bonchev–Trinajstić information content (AvgIpc) is 1.53. The number of allylic oxidation sites excluding steroid dienone is 1. The zero-order valence-corrected chi connectivity index (χ0v) is 64.9. The number of fused-ring (bicyclic) bond motifs is 1. The summed E-state index contributed by atoms with van der Waals surface area (Å²) in [6, 6.07) is 3.12. The van der Waals surface area contributed by atoms with E-state index in [4.69, 9.17) is 37.9 Å². The molecule has 3 aromatic heterocycles. The molecule has 0 spiro atoms. The van der Waals surface area contributed by atoms with Crippen LogP contribution in [0.15, 0.2) is 67.4 Å². The lowest BCUT2D eigenvalue weighted by atomic mass is 9.70. The number of Topliss-reactive ketones (excluding diaryl/α,β-unsaturated/α-hetero) is 4. The minimum Gasteiger partial charge on any atom is -0.457 e. The molecule has 3 aromatic rings. The van der Waals surface area contributed by atoms with Crippen molar-refractivity contribution in [2.75, 3.05) is 6.54 Å². The first-order valence-electron chi connectivity index (χ1n) is 37.4. The smallest absolute Gasteiger partial charge is 0.420 e. The highest BCUT2D eigenvalue weighted by Crippen LogP contribution is 2.47. The van der Waals surface area contributed by atoms with Gasteiger partial charge in [-0.25, -0.2) is 24.1 Å². The summed E-state index contributed by atoms with van der Waals surface area (Å²) in [5, 5.41) is 11.1. The number of pyridine rings is 1. The van der Waals surface area contributed by atoms with Gasteiger partial charge in [0.15, 0.2) is 41.1 Å². The number of hydrogen-bond acceptors (Lipinski definition) is 20. The summed E-state index contributed by atoms with van der Waals surface area (Å²) in [5.41, 5.74) is -2.44. The minimum atomic E-state index is -1.47. The van der Waals surface area contributed by atoms with Crippen LogP contribution in [0.25, 0.3) is 11.3 Å². The first-order chi connectivity index (χ1) is 47.7. The lowest BCUT2D eigenvalue weighted by Crippen LogP contribution is -2.56. The molecule has 1 amide bonds. The number of aliphatic hydroxyl groups excluding tert-OH is 1. The van der Waals surface area contributed by atoms with Gasteiger partial charge in [0.2, 0.25) is 0 Å². The average molecular weight is 1430 g/mol. The van der Waals surface area contributed by atoms with E-state index in [0.717, 1.165) is 17.7 Å². The summed E-state index contributed by atoms with van der Waals surface area (Å²) in [4.78, 5) is 126. The lowest BCUT2D eigenvalue weighted by Gasteiger charge is -2.45. The van der Waals surface area contributed by atoms with E-state index in [1.807, 2.05) is 94.5 Å². The number of aliphatic hydroxyl groups is 1. The van der Waals surface area contributed by atoms with E-state index in [1.54, 1.807) is 71.2 Å². The van der Waals surface area contributed by atoms with Crippen molar-refractivity contribution in [2.24, 2.45) is 64.1 Å². The number of rotatable bonds is 15. The molecule has 0 bridgehead atoms. The van der Waals surface area contributed by atoms with Crippen molar-refractivity contribution >= 4 is 47.3 Å². The molecule has 0 radical (unpaired) electrons. The molecule has 2 unspecified atom stereocenters. The molecule has 8 rings (SSSR count). The number of cyclic esters (lactones) is 2. The molecule has 568 valence electrons. The van der Waals surface area contributed by atoms with Gasteiger partial charge in [-0.3, -0.25) is 33.8 Å². The maximum Gasteiger partial charge on any atom is 0.420 e. The zero-order chi connectivity index (χ0) is 75.9. The van der Waals surface area contributed by atoms with Gasteiger partial charge in [-0.15, -0.1) is 0 Å². The molecular weight excluding hydrogens is 1300 g/mol. The highest BCUT2D eigenvalue weighted by Gasteiger charge is 2.60. The second kappa shape index (κ2) is 34.1. The molecule has 21 atom stereocenters. The number of carbonyl (C=O) groups excluding carboxylic acids is 8. The van der Waals surface area contributed by atoms with Crippen LogP contribution < -0.4 is 0 Å². The van der Waals surface area contributed by atoms with Crippen molar-refractivity contribution in [3.8, 4) is 11.3 Å². The fourth-order valence-corrected chi connectivity index (χ4v) is 16.6. The Balaban J connectivity index is 0.000000294. The van der Waals surface area contributed by atoms with Gasteiger partial charge in [0, 0.05) is 84.6 Å². The molecule has 5 aliphatic heterocycles. The van der Waals surface area contributed by atoms with Crippen LogP contribution in [0.4, 0.5) is 9.59 Å². The number of hydrogen-bond donors (Lipinski definition) is 1. The predicted octanol–water partition coefficient (Wildman–Crippen LogP) is 13.7. The number of aromatic nitrogens is 5. The molecule has 0 aliphatic carbocycles. The number of esters is 2. The summed E-state index contributed by atoms with van der Waals surface area (Å²) in [7, 11) is 0. The van der Waals surface area contributed by atoms with Crippen molar-refractivity contribution in [1.29, 1.82) is 0 Å². The van der Waals surface area contributed by atoms with E-state index >= 15 is 0 Å². The third-order valence-corrected chi connectivity index (χ3v) is 23.0. The summed E-state index contributed by atoms with van der Waals surface area (Å²) in [5.74, 6) is -6.71.